The van der Waals surface area contributed by atoms with E-state index in [2.05, 4.69) is 15.1 Å². The number of fused-ring (bicyclic) bond motifs is 4. The molecular formula is C24H19ClN6O2. The molecule has 2 aromatic carbocycles. The van der Waals surface area contributed by atoms with Crippen LogP contribution in [0.15, 0.2) is 54.9 Å². The van der Waals surface area contributed by atoms with Crippen molar-refractivity contribution < 1.29 is 9.47 Å². The number of rotatable bonds is 3. The molecule has 1 atom stereocenters. The molecule has 0 N–H and O–H groups in total. The number of methoxy groups -OCH3 is 1. The van der Waals surface area contributed by atoms with Crippen LogP contribution < -0.4 is 9.47 Å². The summed E-state index contributed by atoms with van der Waals surface area (Å²) in [4.78, 5) is 9.26. The Hall–Kier alpha value is -3.91. The minimum Gasteiger partial charge on any atom is -0.497 e. The van der Waals surface area contributed by atoms with E-state index in [1.54, 1.807) is 22.6 Å². The lowest BCUT2D eigenvalue weighted by Crippen LogP contribution is -2.16. The Morgan fingerprint density at radius 1 is 0.970 bits per heavy atom. The second kappa shape index (κ2) is 7.31. The maximum absolute atomic E-state index is 6.38. The van der Waals surface area contributed by atoms with Gasteiger partial charge in [0.25, 0.3) is 0 Å². The minimum absolute atomic E-state index is 0.199. The Morgan fingerprint density at radius 2 is 1.73 bits per heavy atom. The summed E-state index contributed by atoms with van der Waals surface area (Å²) in [7, 11) is 1.66. The summed E-state index contributed by atoms with van der Waals surface area (Å²) in [5, 5.41) is 9.93. The molecule has 0 amide bonds. The van der Waals surface area contributed by atoms with Crippen molar-refractivity contribution in [2.24, 2.45) is 0 Å². The summed E-state index contributed by atoms with van der Waals surface area (Å²) in [6, 6.07) is 15.5. The predicted octanol–water partition coefficient (Wildman–Crippen LogP) is 4.87. The molecule has 0 radical (unpaired) electrons. The first kappa shape index (κ1) is 19.8. The van der Waals surface area contributed by atoms with Gasteiger partial charge >= 0.3 is 0 Å². The fraction of sp³-hybridized carbons (Fsp3) is 0.167. The summed E-state index contributed by atoms with van der Waals surface area (Å²) in [5.74, 6) is 2.36. The fourth-order valence-corrected chi connectivity index (χ4v) is 4.50. The third-order valence-electron chi connectivity index (χ3n) is 5.85. The first-order valence-corrected chi connectivity index (χ1v) is 10.8. The average molecular weight is 459 g/mol. The quantitative estimate of drug-likeness (QED) is 0.376. The van der Waals surface area contributed by atoms with Crippen molar-refractivity contribution in [2.45, 2.75) is 19.8 Å². The zero-order chi connectivity index (χ0) is 22.7. The van der Waals surface area contributed by atoms with Crippen LogP contribution in [0.2, 0.25) is 5.02 Å². The highest BCUT2D eigenvalue weighted by Gasteiger charge is 2.38. The van der Waals surface area contributed by atoms with E-state index >= 15 is 0 Å². The molecule has 0 saturated carbocycles. The molecule has 9 heteroatoms. The highest BCUT2D eigenvalue weighted by Crippen LogP contribution is 2.49. The van der Waals surface area contributed by atoms with E-state index in [9.17, 15) is 0 Å². The van der Waals surface area contributed by atoms with E-state index in [0.717, 1.165) is 33.8 Å². The molecule has 0 spiro atoms. The van der Waals surface area contributed by atoms with Gasteiger partial charge in [-0.2, -0.15) is 10.2 Å². The van der Waals surface area contributed by atoms with E-state index < -0.39 is 0 Å². The monoisotopic (exact) mass is 458 g/mol. The van der Waals surface area contributed by atoms with Crippen molar-refractivity contribution in [1.29, 1.82) is 0 Å². The van der Waals surface area contributed by atoms with Crippen LogP contribution in [-0.4, -0.2) is 36.5 Å². The van der Waals surface area contributed by atoms with Crippen molar-refractivity contribution in [3.8, 4) is 23.2 Å². The van der Waals surface area contributed by atoms with Crippen molar-refractivity contribution in [1.82, 2.24) is 29.4 Å². The molecule has 0 saturated heterocycles. The predicted molar refractivity (Wildman–Crippen MR) is 123 cm³/mol. The molecule has 0 fully saturated rings. The van der Waals surface area contributed by atoms with Gasteiger partial charge in [-0.05, 0) is 55.8 Å². The smallest absolute Gasteiger partial charge is 0.230 e. The summed E-state index contributed by atoms with van der Waals surface area (Å²) >= 11 is 6.10. The molecule has 3 aromatic heterocycles. The first-order valence-electron chi connectivity index (χ1n) is 10.4. The Balaban J connectivity index is 1.63. The van der Waals surface area contributed by atoms with Crippen molar-refractivity contribution in [2.75, 3.05) is 7.11 Å². The Labute approximate surface area is 194 Å². The van der Waals surface area contributed by atoms with E-state index in [1.807, 2.05) is 62.4 Å². The zero-order valence-electron chi connectivity index (χ0n) is 18.2. The van der Waals surface area contributed by atoms with E-state index in [1.165, 1.54) is 0 Å². The minimum atomic E-state index is -0.199. The van der Waals surface area contributed by atoms with Crippen molar-refractivity contribution in [3.05, 3.63) is 88.1 Å². The van der Waals surface area contributed by atoms with E-state index in [4.69, 9.17) is 26.2 Å². The third kappa shape index (κ3) is 3.06. The SMILES string of the molecule is COc1ccc(C2c3c(C)nn(-c4ccc(Cl)cc4)c3Oc3ncn4nc(C)nc4c32)cc1. The molecule has 5 aromatic rings. The lowest BCUT2D eigenvalue weighted by atomic mass is 9.84. The number of aryl methyl sites for hydroxylation is 2. The maximum atomic E-state index is 6.38. The van der Waals surface area contributed by atoms with Gasteiger partial charge in [0.1, 0.15) is 17.9 Å². The topological polar surface area (TPSA) is 79.4 Å². The van der Waals surface area contributed by atoms with E-state index in [0.29, 0.717) is 28.3 Å². The lowest BCUT2D eigenvalue weighted by Gasteiger charge is -2.26. The number of benzene rings is 2. The van der Waals surface area contributed by atoms with Gasteiger partial charge in [-0.25, -0.2) is 19.2 Å². The second-order valence-corrected chi connectivity index (χ2v) is 8.33. The molecule has 0 aliphatic carbocycles. The van der Waals surface area contributed by atoms with Gasteiger partial charge in [0, 0.05) is 5.02 Å². The zero-order valence-corrected chi connectivity index (χ0v) is 18.9. The standard InChI is InChI=1S/C24H19ClN6O2/c1-13-19-20(15-4-10-18(32-3)11-5-15)21-22-27-14(2)29-30(22)12-26-23(21)33-24(19)31(28-13)17-8-6-16(25)7-9-17/h4-12,20H,1-3H3. The fourth-order valence-electron chi connectivity index (χ4n) is 4.37. The molecule has 1 aliphatic heterocycles. The number of aromatic nitrogens is 6. The normalized spacial score (nSPS) is 14.6. The molecule has 6 rings (SSSR count). The molecule has 164 valence electrons. The van der Waals surface area contributed by atoms with Crippen LogP contribution in [0.3, 0.4) is 0 Å². The van der Waals surface area contributed by atoms with E-state index in [-0.39, 0.29) is 5.92 Å². The third-order valence-corrected chi connectivity index (χ3v) is 6.10. The number of nitrogens with zero attached hydrogens (tertiary/aromatic N) is 6. The Kier molecular flexibility index (Phi) is 4.38. The van der Waals surface area contributed by atoms with Crippen molar-refractivity contribution >= 4 is 17.2 Å². The second-order valence-electron chi connectivity index (χ2n) is 7.89. The van der Waals surface area contributed by atoms with Crippen LogP contribution in [0.1, 0.15) is 34.1 Å². The molecule has 1 aliphatic rings. The van der Waals surface area contributed by atoms with Gasteiger partial charge in [0.15, 0.2) is 5.65 Å². The van der Waals surface area contributed by atoms with Crippen LogP contribution in [0.4, 0.5) is 0 Å². The molecule has 33 heavy (non-hydrogen) atoms. The largest absolute Gasteiger partial charge is 0.497 e. The summed E-state index contributed by atoms with van der Waals surface area (Å²) in [6.45, 7) is 3.85. The number of halogens is 1. The van der Waals surface area contributed by atoms with Crippen LogP contribution in [0.5, 0.6) is 17.5 Å². The van der Waals surface area contributed by atoms with Gasteiger partial charge in [0.05, 0.1) is 35.5 Å². The van der Waals surface area contributed by atoms with Gasteiger partial charge in [-0.15, -0.1) is 0 Å². The van der Waals surface area contributed by atoms with Gasteiger partial charge in [-0.1, -0.05) is 23.7 Å². The molecule has 4 heterocycles. The van der Waals surface area contributed by atoms with Crippen LogP contribution in [0, 0.1) is 13.8 Å². The van der Waals surface area contributed by atoms with Crippen LogP contribution in [-0.2, 0) is 0 Å². The first-order chi connectivity index (χ1) is 16.0. The van der Waals surface area contributed by atoms with Crippen LogP contribution in [0.25, 0.3) is 11.3 Å². The Morgan fingerprint density at radius 3 is 2.45 bits per heavy atom. The van der Waals surface area contributed by atoms with Gasteiger partial charge in [0.2, 0.25) is 11.8 Å². The van der Waals surface area contributed by atoms with Gasteiger partial charge in [-0.3, -0.25) is 0 Å². The summed E-state index contributed by atoms with van der Waals surface area (Å²) < 4.78 is 15.2. The highest BCUT2D eigenvalue weighted by atomic mass is 35.5. The highest BCUT2D eigenvalue weighted by molar-refractivity contribution is 6.30. The summed E-state index contributed by atoms with van der Waals surface area (Å²) in [5.41, 5.74) is 5.27. The summed E-state index contributed by atoms with van der Waals surface area (Å²) in [6.07, 6.45) is 1.63. The maximum Gasteiger partial charge on any atom is 0.230 e. The molecular weight excluding hydrogens is 440 g/mol. The molecule has 1 unspecified atom stereocenters. The lowest BCUT2D eigenvalue weighted by molar-refractivity contribution is 0.402. The van der Waals surface area contributed by atoms with Gasteiger partial charge < -0.3 is 9.47 Å². The molecule has 8 nitrogen and oxygen atoms in total. The van der Waals surface area contributed by atoms with Crippen LogP contribution >= 0.6 is 11.6 Å². The van der Waals surface area contributed by atoms with Crippen molar-refractivity contribution in [3.63, 3.8) is 0 Å². The average Bonchev–Trinajstić information content (AvgIpc) is 3.37. The number of hydrogen-bond acceptors (Lipinski definition) is 6. The molecule has 0 bridgehead atoms. The number of ether oxygens (including phenoxy) is 2. The Bertz CT molecular complexity index is 1510. The number of hydrogen-bond donors (Lipinski definition) is 0.